The molecule has 2 heterocycles. The molecule has 2 aromatic rings. The molecule has 0 saturated carbocycles. The number of nitrogens with zero attached hydrogens (tertiary/aromatic N) is 2. The molecule has 108 valence electrons. The highest BCUT2D eigenvalue weighted by Crippen LogP contribution is 2.25. The number of aryl methyl sites for hydroxylation is 1. The summed E-state index contributed by atoms with van der Waals surface area (Å²) in [5.74, 6) is -1.24. The number of sulfonamides is 1. The minimum Gasteiger partial charge on any atom is -0.477 e. The van der Waals surface area contributed by atoms with Crippen LogP contribution in [0, 0.1) is 6.92 Å². The summed E-state index contributed by atoms with van der Waals surface area (Å²) < 4.78 is 25.9. The lowest BCUT2D eigenvalue weighted by Crippen LogP contribution is -2.27. The van der Waals surface area contributed by atoms with Gasteiger partial charge in [-0.05, 0) is 18.4 Å². The first kappa shape index (κ1) is 15.1. The molecule has 9 heteroatoms. The average molecular weight is 332 g/mol. The number of thiophene rings is 1. The number of carbonyl (C=O) groups is 1. The van der Waals surface area contributed by atoms with Crippen molar-refractivity contribution in [3.63, 3.8) is 0 Å². The topological polar surface area (TPSA) is 87.6 Å². The summed E-state index contributed by atoms with van der Waals surface area (Å²) in [6, 6.07) is 1.31. The van der Waals surface area contributed by atoms with Crippen LogP contribution in [0.1, 0.15) is 20.4 Å². The van der Waals surface area contributed by atoms with Crippen molar-refractivity contribution in [3.05, 3.63) is 32.4 Å². The molecule has 1 N–H and O–H groups in total. The summed E-state index contributed by atoms with van der Waals surface area (Å²) in [6.45, 7) is 1.95. The maximum absolute atomic E-state index is 12.4. The molecule has 0 aromatic carbocycles. The van der Waals surface area contributed by atoms with Crippen LogP contribution in [0.5, 0.6) is 0 Å². The lowest BCUT2D eigenvalue weighted by Gasteiger charge is -2.15. The smallest absolute Gasteiger partial charge is 0.347 e. The quantitative estimate of drug-likeness (QED) is 0.905. The Morgan fingerprint density at radius 1 is 1.45 bits per heavy atom. The van der Waals surface area contributed by atoms with E-state index in [1.165, 1.54) is 29.8 Å². The fraction of sp³-hybridized carbons (Fsp3) is 0.273. The van der Waals surface area contributed by atoms with E-state index >= 15 is 0 Å². The predicted molar refractivity (Wildman–Crippen MR) is 76.8 cm³/mol. The van der Waals surface area contributed by atoms with Gasteiger partial charge in [-0.2, -0.15) is 4.31 Å². The van der Waals surface area contributed by atoms with Gasteiger partial charge in [0.05, 0.1) is 17.2 Å². The van der Waals surface area contributed by atoms with Gasteiger partial charge in [-0.1, -0.05) is 0 Å². The fourth-order valence-electron chi connectivity index (χ4n) is 1.62. The number of thiazole rings is 1. The summed E-state index contributed by atoms with van der Waals surface area (Å²) >= 11 is 2.33. The summed E-state index contributed by atoms with van der Waals surface area (Å²) in [4.78, 5) is 14.9. The minimum atomic E-state index is -3.83. The van der Waals surface area contributed by atoms with Crippen molar-refractivity contribution in [1.29, 1.82) is 0 Å². The van der Waals surface area contributed by atoms with Crippen LogP contribution >= 0.6 is 22.7 Å². The van der Waals surface area contributed by atoms with Crippen LogP contribution in [0.25, 0.3) is 0 Å². The molecular formula is C11H12N2O4S3. The molecule has 0 saturated heterocycles. The molecule has 0 atom stereocenters. The van der Waals surface area contributed by atoms with Crippen LogP contribution in [-0.2, 0) is 16.6 Å². The van der Waals surface area contributed by atoms with Crippen molar-refractivity contribution in [2.75, 3.05) is 7.05 Å². The molecular weight excluding hydrogens is 320 g/mol. The number of hydrogen-bond donors (Lipinski definition) is 1. The maximum Gasteiger partial charge on any atom is 0.347 e. The first-order valence-electron chi connectivity index (χ1n) is 5.50. The highest BCUT2D eigenvalue weighted by atomic mass is 32.2. The highest BCUT2D eigenvalue weighted by Gasteiger charge is 2.28. The van der Waals surface area contributed by atoms with Crippen molar-refractivity contribution >= 4 is 38.7 Å². The summed E-state index contributed by atoms with van der Waals surface area (Å²) in [5.41, 5.74) is 0.644. The lowest BCUT2D eigenvalue weighted by molar-refractivity contribution is 0.0698. The number of aromatic nitrogens is 1. The third-order valence-electron chi connectivity index (χ3n) is 2.56. The second kappa shape index (κ2) is 5.60. The van der Waals surface area contributed by atoms with Gasteiger partial charge in [0.15, 0.2) is 0 Å². The van der Waals surface area contributed by atoms with Crippen LogP contribution in [0.2, 0.25) is 0 Å². The van der Waals surface area contributed by atoms with Crippen molar-refractivity contribution < 1.29 is 18.3 Å². The van der Waals surface area contributed by atoms with E-state index in [1.807, 2.05) is 6.92 Å². The Hall–Kier alpha value is -1.29. The first-order chi connectivity index (χ1) is 9.32. The van der Waals surface area contributed by atoms with E-state index in [2.05, 4.69) is 4.98 Å². The molecule has 0 unspecified atom stereocenters. The zero-order valence-corrected chi connectivity index (χ0v) is 13.2. The molecule has 0 spiro atoms. The van der Waals surface area contributed by atoms with E-state index < -0.39 is 16.0 Å². The number of hydrogen-bond acceptors (Lipinski definition) is 6. The molecule has 20 heavy (non-hydrogen) atoms. The molecule has 0 bridgehead atoms. The standard InChI is InChI=1S/C11H12N2O4S3/c1-7-12-8(6-19-7)5-13(2)20(16,17)9-3-4-18-10(9)11(14)15/h3-4,6H,5H2,1-2H3,(H,14,15). The number of rotatable bonds is 5. The second-order valence-corrected chi connectivity index (χ2v) is 8.03. The zero-order chi connectivity index (χ0) is 14.9. The molecule has 0 aliphatic heterocycles. The van der Waals surface area contributed by atoms with Gasteiger partial charge in [0, 0.05) is 12.4 Å². The van der Waals surface area contributed by atoms with E-state index in [9.17, 15) is 13.2 Å². The van der Waals surface area contributed by atoms with Crippen LogP contribution < -0.4 is 0 Å². The molecule has 0 aliphatic rings. The summed E-state index contributed by atoms with van der Waals surface area (Å²) in [6.07, 6.45) is 0. The Morgan fingerprint density at radius 3 is 2.70 bits per heavy atom. The van der Waals surface area contributed by atoms with E-state index in [4.69, 9.17) is 5.11 Å². The van der Waals surface area contributed by atoms with Crippen LogP contribution in [0.15, 0.2) is 21.7 Å². The normalized spacial score (nSPS) is 11.9. The van der Waals surface area contributed by atoms with Gasteiger partial charge >= 0.3 is 5.97 Å². The summed E-state index contributed by atoms with van der Waals surface area (Å²) in [7, 11) is -2.42. The van der Waals surface area contributed by atoms with Crippen molar-refractivity contribution in [1.82, 2.24) is 9.29 Å². The average Bonchev–Trinajstić information content (AvgIpc) is 2.98. The SMILES string of the molecule is Cc1nc(CN(C)S(=O)(=O)c2ccsc2C(=O)O)cs1. The van der Waals surface area contributed by atoms with Crippen molar-refractivity contribution in [2.45, 2.75) is 18.4 Å². The van der Waals surface area contributed by atoms with E-state index in [-0.39, 0.29) is 16.3 Å². The van der Waals surface area contributed by atoms with E-state index in [1.54, 1.807) is 5.38 Å². The van der Waals surface area contributed by atoms with Crippen LogP contribution in [0.3, 0.4) is 0 Å². The number of carboxylic acid groups (broad SMARTS) is 1. The summed E-state index contributed by atoms with van der Waals surface area (Å²) in [5, 5.41) is 13.1. The third-order valence-corrected chi connectivity index (χ3v) is 6.26. The number of carboxylic acids is 1. The third kappa shape index (κ3) is 2.90. The van der Waals surface area contributed by atoms with Crippen LogP contribution in [0.4, 0.5) is 0 Å². The molecule has 6 nitrogen and oxygen atoms in total. The van der Waals surface area contributed by atoms with E-state index in [0.717, 1.165) is 20.6 Å². The van der Waals surface area contributed by atoms with Gasteiger partial charge in [-0.25, -0.2) is 18.2 Å². The van der Waals surface area contributed by atoms with Gasteiger partial charge in [0.25, 0.3) is 0 Å². The Kier molecular flexibility index (Phi) is 4.23. The highest BCUT2D eigenvalue weighted by molar-refractivity contribution is 7.89. The maximum atomic E-state index is 12.4. The van der Waals surface area contributed by atoms with Crippen molar-refractivity contribution in [3.8, 4) is 0 Å². The molecule has 2 aromatic heterocycles. The van der Waals surface area contributed by atoms with Gasteiger partial charge in [-0.15, -0.1) is 22.7 Å². The Bertz CT molecular complexity index is 732. The Labute approximate surface area is 124 Å². The molecule has 0 aliphatic carbocycles. The Balaban J connectivity index is 2.30. The van der Waals surface area contributed by atoms with E-state index in [0.29, 0.717) is 5.69 Å². The second-order valence-electron chi connectivity index (χ2n) is 4.04. The largest absolute Gasteiger partial charge is 0.477 e. The molecule has 2 rings (SSSR count). The lowest BCUT2D eigenvalue weighted by atomic mass is 10.5. The van der Waals surface area contributed by atoms with Gasteiger partial charge < -0.3 is 5.11 Å². The van der Waals surface area contributed by atoms with Crippen LogP contribution in [-0.4, -0.2) is 35.8 Å². The number of aromatic carboxylic acids is 1. The Morgan fingerprint density at radius 2 is 2.15 bits per heavy atom. The minimum absolute atomic E-state index is 0.113. The first-order valence-corrected chi connectivity index (χ1v) is 8.70. The molecule has 0 fully saturated rings. The molecule has 0 amide bonds. The predicted octanol–water partition coefficient (Wildman–Crippen LogP) is 2.03. The fourth-order valence-corrected chi connectivity index (χ4v) is 4.59. The van der Waals surface area contributed by atoms with Crippen molar-refractivity contribution in [2.24, 2.45) is 0 Å². The molecule has 0 radical (unpaired) electrons. The van der Waals surface area contributed by atoms with Gasteiger partial charge in [0.1, 0.15) is 9.77 Å². The zero-order valence-electron chi connectivity index (χ0n) is 10.7. The van der Waals surface area contributed by atoms with Gasteiger partial charge in [0.2, 0.25) is 10.0 Å². The monoisotopic (exact) mass is 332 g/mol. The van der Waals surface area contributed by atoms with Gasteiger partial charge in [-0.3, -0.25) is 0 Å².